The molecule has 0 aliphatic carbocycles. The van der Waals surface area contributed by atoms with Gasteiger partial charge in [-0.3, -0.25) is 0 Å². The van der Waals surface area contributed by atoms with Crippen LogP contribution in [-0.2, 0) is 4.74 Å². The van der Waals surface area contributed by atoms with Crippen LogP contribution >= 0.6 is 0 Å². The molecule has 2 N–H and O–H groups in total. The molecular formula is C10H21NO. The number of rotatable bonds is 4. The first-order chi connectivity index (χ1) is 5.43. The number of hydrogen-bond donors (Lipinski definition) is 1. The number of nitrogens with two attached hydrogens (primary N) is 1. The van der Waals surface area contributed by atoms with Crippen molar-refractivity contribution < 1.29 is 4.74 Å². The van der Waals surface area contributed by atoms with E-state index >= 15 is 0 Å². The third-order valence-electron chi connectivity index (χ3n) is 1.94. The van der Waals surface area contributed by atoms with Gasteiger partial charge in [0.2, 0.25) is 0 Å². The summed E-state index contributed by atoms with van der Waals surface area (Å²) in [5.74, 6) is 0. The third-order valence-corrected chi connectivity index (χ3v) is 1.94. The maximum Gasteiger partial charge on any atom is 0.0773 e. The van der Waals surface area contributed by atoms with Crippen LogP contribution in [0.15, 0.2) is 12.7 Å². The van der Waals surface area contributed by atoms with Gasteiger partial charge in [0, 0.05) is 13.2 Å². The van der Waals surface area contributed by atoms with Crippen LogP contribution in [0.4, 0.5) is 0 Å². The Balaban J connectivity index is 4.23. The molecule has 0 aliphatic heterocycles. The van der Waals surface area contributed by atoms with Crippen molar-refractivity contribution in [1.82, 2.24) is 0 Å². The first-order valence-corrected chi connectivity index (χ1v) is 4.32. The molecule has 12 heavy (non-hydrogen) atoms. The van der Waals surface area contributed by atoms with Gasteiger partial charge in [-0.2, -0.15) is 0 Å². The molecule has 0 amide bonds. The fraction of sp³-hybridized carbons (Fsp3) is 0.800. The molecule has 0 rings (SSSR count). The van der Waals surface area contributed by atoms with Crippen molar-refractivity contribution in [2.45, 2.75) is 39.3 Å². The fourth-order valence-corrected chi connectivity index (χ4v) is 1.49. The highest BCUT2D eigenvalue weighted by Gasteiger charge is 2.29. The molecule has 2 nitrogen and oxygen atoms in total. The molecule has 0 saturated carbocycles. The second-order valence-corrected chi connectivity index (χ2v) is 4.21. The molecule has 2 heteroatoms. The van der Waals surface area contributed by atoms with Gasteiger partial charge in [-0.25, -0.2) is 0 Å². The van der Waals surface area contributed by atoms with Crippen LogP contribution < -0.4 is 5.73 Å². The molecule has 0 aromatic carbocycles. The fourth-order valence-electron chi connectivity index (χ4n) is 1.49. The lowest BCUT2D eigenvalue weighted by Crippen LogP contribution is -2.44. The zero-order valence-corrected chi connectivity index (χ0v) is 8.63. The zero-order valence-electron chi connectivity index (χ0n) is 8.63. The highest BCUT2D eigenvalue weighted by Crippen LogP contribution is 2.24. The summed E-state index contributed by atoms with van der Waals surface area (Å²) in [5, 5.41) is 0. The SMILES string of the molecule is C=CCC(N)C(OC)C(C)(C)C. The van der Waals surface area contributed by atoms with Crippen molar-refractivity contribution in [3.05, 3.63) is 12.7 Å². The first kappa shape index (κ1) is 11.7. The summed E-state index contributed by atoms with van der Waals surface area (Å²) < 4.78 is 5.36. The second-order valence-electron chi connectivity index (χ2n) is 4.21. The monoisotopic (exact) mass is 171 g/mol. The number of methoxy groups -OCH3 is 1. The Morgan fingerprint density at radius 3 is 2.25 bits per heavy atom. The van der Waals surface area contributed by atoms with E-state index in [9.17, 15) is 0 Å². The molecule has 72 valence electrons. The maximum absolute atomic E-state index is 5.93. The van der Waals surface area contributed by atoms with Crippen LogP contribution in [0.1, 0.15) is 27.2 Å². The predicted molar refractivity (Wildman–Crippen MR) is 53.0 cm³/mol. The zero-order chi connectivity index (χ0) is 9.78. The average molecular weight is 171 g/mol. The molecule has 0 aromatic rings. The van der Waals surface area contributed by atoms with E-state index in [0.29, 0.717) is 0 Å². The van der Waals surface area contributed by atoms with E-state index in [1.54, 1.807) is 7.11 Å². The van der Waals surface area contributed by atoms with Crippen molar-refractivity contribution in [2.24, 2.45) is 11.1 Å². The summed E-state index contributed by atoms with van der Waals surface area (Å²) in [6.07, 6.45) is 2.73. The summed E-state index contributed by atoms with van der Waals surface area (Å²) >= 11 is 0. The average Bonchev–Trinajstić information content (AvgIpc) is 1.85. The molecule has 0 aromatic heterocycles. The molecule has 0 aliphatic rings. The lowest BCUT2D eigenvalue weighted by molar-refractivity contribution is -0.00107. The van der Waals surface area contributed by atoms with Crippen molar-refractivity contribution in [3.63, 3.8) is 0 Å². The van der Waals surface area contributed by atoms with E-state index in [4.69, 9.17) is 10.5 Å². The van der Waals surface area contributed by atoms with Crippen molar-refractivity contribution in [3.8, 4) is 0 Å². The van der Waals surface area contributed by atoms with Crippen molar-refractivity contribution in [2.75, 3.05) is 7.11 Å². The van der Waals surface area contributed by atoms with Gasteiger partial charge in [0.1, 0.15) is 0 Å². The highest BCUT2D eigenvalue weighted by molar-refractivity contribution is 4.88. The minimum Gasteiger partial charge on any atom is -0.379 e. The Morgan fingerprint density at radius 2 is 2.00 bits per heavy atom. The van der Waals surface area contributed by atoms with Gasteiger partial charge in [0.15, 0.2) is 0 Å². The largest absolute Gasteiger partial charge is 0.379 e. The minimum atomic E-state index is 0.0486. The summed E-state index contributed by atoms with van der Waals surface area (Å²) in [6, 6.07) is 0.0486. The van der Waals surface area contributed by atoms with Gasteiger partial charge < -0.3 is 10.5 Å². The van der Waals surface area contributed by atoms with E-state index < -0.39 is 0 Å². The summed E-state index contributed by atoms with van der Waals surface area (Å²) in [5.41, 5.74) is 6.02. The Bertz CT molecular complexity index is 137. The Labute approximate surface area is 75.8 Å². The van der Waals surface area contributed by atoms with Crippen LogP contribution in [-0.4, -0.2) is 19.3 Å². The topological polar surface area (TPSA) is 35.2 Å². The lowest BCUT2D eigenvalue weighted by atomic mass is 9.84. The molecule has 0 spiro atoms. The molecule has 0 bridgehead atoms. The highest BCUT2D eigenvalue weighted by atomic mass is 16.5. The minimum absolute atomic E-state index is 0.0486. The molecule has 2 unspecified atom stereocenters. The van der Waals surface area contributed by atoms with E-state index in [0.717, 1.165) is 6.42 Å². The predicted octanol–water partition coefficient (Wildman–Crippen LogP) is 1.95. The van der Waals surface area contributed by atoms with Gasteiger partial charge in [-0.15, -0.1) is 6.58 Å². The van der Waals surface area contributed by atoms with E-state index in [1.165, 1.54) is 0 Å². The summed E-state index contributed by atoms with van der Waals surface area (Å²) in [4.78, 5) is 0. The van der Waals surface area contributed by atoms with Crippen LogP contribution in [0.3, 0.4) is 0 Å². The van der Waals surface area contributed by atoms with Gasteiger partial charge in [-0.1, -0.05) is 26.8 Å². The summed E-state index contributed by atoms with van der Waals surface area (Å²) in [6.45, 7) is 10.1. The molecule has 0 radical (unpaired) electrons. The standard InChI is InChI=1S/C10H21NO/c1-6-7-8(11)9(12-5)10(2,3)4/h6,8-9H,1,7,11H2,2-5H3. The number of hydrogen-bond acceptors (Lipinski definition) is 2. The quantitative estimate of drug-likeness (QED) is 0.656. The van der Waals surface area contributed by atoms with Crippen LogP contribution in [0.2, 0.25) is 0 Å². The number of ether oxygens (including phenoxy) is 1. The molecular weight excluding hydrogens is 150 g/mol. The van der Waals surface area contributed by atoms with Crippen LogP contribution in [0, 0.1) is 5.41 Å². The maximum atomic E-state index is 5.93. The summed E-state index contributed by atoms with van der Waals surface area (Å²) in [7, 11) is 1.71. The Hall–Kier alpha value is -0.340. The molecule has 0 fully saturated rings. The third kappa shape index (κ3) is 3.37. The van der Waals surface area contributed by atoms with Crippen molar-refractivity contribution in [1.29, 1.82) is 0 Å². The van der Waals surface area contributed by atoms with E-state index in [2.05, 4.69) is 27.4 Å². The van der Waals surface area contributed by atoms with Gasteiger partial charge in [0.25, 0.3) is 0 Å². The van der Waals surface area contributed by atoms with Crippen molar-refractivity contribution >= 4 is 0 Å². The van der Waals surface area contributed by atoms with Gasteiger partial charge >= 0.3 is 0 Å². The Kier molecular flexibility index (Phi) is 4.50. The second kappa shape index (κ2) is 4.63. The Morgan fingerprint density at radius 1 is 1.50 bits per heavy atom. The molecule has 0 heterocycles. The normalized spacial score (nSPS) is 17.1. The van der Waals surface area contributed by atoms with E-state index in [-0.39, 0.29) is 17.6 Å². The van der Waals surface area contributed by atoms with Crippen LogP contribution in [0.5, 0.6) is 0 Å². The van der Waals surface area contributed by atoms with Crippen LogP contribution in [0.25, 0.3) is 0 Å². The van der Waals surface area contributed by atoms with Gasteiger partial charge in [0.05, 0.1) is 6.10 Å². The first-order valence-electron chi connectivity index (χ1n) is 4.32. The molecule has 2 atom stereocenters. The smallest absolute Gasteiger partial charge is 0.0773 e. The lowest BCUT2D eigenvalue weighted by Gasteiger charge is -2.33. The molecule has 0 saturated heterocycles. The van der Waals surface area contributed by atoms with Gasteiger partial charge in [-0.05, 0) is 11.8 Å². The van der Waals surface area contributed by atoms with E-state index in [1.807, 2.05) is 6.08 Å².